The Bertz CT molecular complexity index is 370. The van der Waals surface area contributed by atoms with E-state index >= 15 is 0 Å². The first-order valence-electron chi connectivity index (χ1n) is 6.29. The van der Waals surface area contributed by atoms with Gasteiger partial charge in [0.2, 0.25) is 0 Å². The standard InChI is InChI=1S/C14H21FN2O/c1-3-5-11(9-13(15)16)14(18)17-12-7-4-6-10(2)8-12/h3,5,9-10,12H,1,4,6-8,16H2,2H3,(H,17,18)/b11-5+,13-9-/t10-,12+/m0/s1. The molecule has 2 atom stereocenters. The number of carbonyl (C=O) groups is 1. The summed E-state index contributed by atoms with van der Waals surface area (Å²) in [5, 5.41) is 2.92. The molecule has 0 aromatic heterocycles. The van der Waals surface area contributed by atoms with Gasteiger partial charge in [0.15, 0.2) is 5.95 Å². The molecule has 18 heavy (non-hydrogen) atoms. The minimum absolute atomic E-state index is 0.170. The number of nitrogens with two attached hydrogens (primary N) is 1. The highest BCUT2D eigenvalue weighted by Crippen LogP contribution is 2.23. The Balaban J connectivity index is 2.64. The monoisotopic (exact) mass is 252 g/mol. The van der Waals surface area contributed by atoms with Gasteiger partial charge in [-0.2, -0.15) is 4.39 Å². The van der Waals surface area contributed by atoms with E-state index in [-0.39, 0.29) is 17.5 Å². The summed E-state index contributed by atoms with van der Waals surface area (Å²) in [6.45, 7) is 5.68. The minimum atomic E-state index is -0.879. The first kappa shape index (κ1) is 14.5. The molecule has 1 fully saturated rings. The van der Waals surface area contributed by atoms with Crippen molar-refractivity contribution in [1.29, 1.82) is 0 Å². The van der Waals surface area contributed by atoms with Crippen molar-refractivity contribution in [2.24, 2.45) is 11.7 Å². The second kappa shape index (κ2) is 6.99. The van der Waals surface area contributed by atoms with Crippen LogP contribution in [0.25, 0.3) is 0 Å². The molecule has 4 heteroatoms. The van der Waals surface area contributed by atoms with Gasteiger partial charge in [-0.25, -0.2) is 0 Å². The Kier molecular flexibility index (Phi) is 5.62. The molecule has 1 aliphatic rings. The van der Waals surface area contributed by atoms with Crippen LogP contribution in [0.4, 0.5) is 4.39 Å². The van der Waals surface area contributed by atoms with Crippen LogP contribution in [0.5, 0.6) is 0 Å². The quantitative estimate of drug-likeness (QED) is 0.459. The van der Waals surface area contributed by atoms with E-state index in [1.54, 1.807) is 0 Å². The topological polar surface area (TPSA) is 55.1 Å². The molecule has 0 aromatic rings. The second-order valence-corrected chi connectivity index (χ2v) is 4.83. The molecule has 0 aliphatic heterocycles. The lowest BCUT2D eigenvalue weighted by Gasteiger charge is -2.27. The average molecular weight is 252 g/mol. The van der Waals surface area contributed by atoms with Gasteiger partial charge in [-0.3, -0.25) is 4.79 Å². The zero-order chi connectivity index (χ0) is 13.5. The summed E-state index contributed by atoms with van der Waals surface area (Å²) in [4.78, 5) is 11.9. The van der Waals surface area contributed by atoms with Gasteiger partial charge in [0.25, 0.3) is 5.91 Å². The van der Waals surface area contributed by atoms with Crippen molar-refractivity contribution in [3.05, 3.63) is 36.3 Å². The molecule has 0 saturated heterocycles. The molecule has 0 aromatic carbocycles. The van der Waals surface area contributed by atoms with Crippen molar-refractivity contribution >= 4 is 5.91 Å². The molecule has 1 amide bonds. The number of nitrogens with one attached hydrogen (secondary N) is 1. The zero-order valence-corrected chi connectivity index (χ0v) is 10.8. The Labute approximate surface area is 108 Å². The third kappa shape index (κ3) is 4.73. The molecule has 0 unspecified atom stereocenters. The van der Waals surface area contributed by atoms with Crippen LogP contribution in [-0.2, 0) is 4.79 Å². The van der Waals surface area contributed by atoms with E-state index in [0.717, 1.165) is 25.3 Å². The summed E-state index contributed by atoms with van der Waals surface area (Å²) in [6.07, 6.45) is 8.19. The van der Waals surface area contributed by atoms with Gasteiger partial charge in [0.1, 0.15) is 0 Å². The number of carbonyl (C=O) groups excluding carboxylic acids is 1. The Hall–Kier alpha value is -1.58. The smallest absolute Gasteiger partial charge is 0.251 e. The molecule has 1 saturated carbocycles. The molecule has 0 spiro atoms. The Morgan fingerprint density at radius 1 is 1.50 bits per heavy atom. The average Bonchev–Trinajstić information content (AvgIpc) is 2.27. The first-order valence-corrected chi connectivity index (χ1v) is 6.29. The second-order valence-electron chi connectivity index (χ2n) is 4.83. The molecule has 1 rings (SSSR count). The van der Waals surface area contributed by atoms with E-state index in [1.807, 2.05) is 0 Å². The van der Waals surface area contributed by atoms with Crippen LogP contribution >= 0.6 is 0 Å². The van der Waals surface area contributed by atoms with Crippen LogP contribution in [0.15, 0.2) is 36.3 Å². The Morgan fingerprint density at radius 2 is 2.22 bits per heavy atom. The van der Waals surface area contributed by atoms with Crippen molar-refractivity contribution in [3.63, 3.8) is 0 Å². The maximum atomic E-state index is 12.7. The highest BCUT2D eigenvalue weighted by molar-refractivity contribution is 5.96. The SMILES string of the molecule is C=C/C=C(\C=C(/N)F)C(=O)N[C@@H]1CCC[C@H](C)C1. The largest absolute Gasteiger partial charge is 0.376 e. The summed E-state index contributed by atoms with van der Waals surface area (Å²) >= 11 is 0. The normalized spacial score (nSPS) is 25.7. The highest BCUT2D eigenvalue weighted by atomic mass is 19.1. The number of hydrogen-bond acceptors (Lipinski definition) is 2. The van der Waals surface area contributed by atoms with Crippen molar-refractivity contribution in [1.82, 2.24) is 5.32 Å². The first-order chi connectivity index (χ1) is 8.52. The molecule has 0 heterocycles. The van der Waals surface area contributed by atoms with Gasteiger partial charge in [-0.15, -0.1) is 0 Å². The lowest BCUT2D eigenvalue weighted by Crippen LogP contribution is -2.38. The van der Waals surface area contributed by atoms with Gasteiger partial charge in [0, 0.05) is 17.7 Å². The van der Waals surface area contributed by atoms with Crippen molar-refractivity contribution in [2.45, 2.75) is 38.6 Å². The fourth-order valence-electron chi connectivity index (χ4n) is 2.30. The predicted molar refractivity (Wildman–Crippen MR) is 71.2 cm³/mol. The van der Waals surface area contributed by atoms with E-state index in [1.165, 1.54) is 18.6 Å². The van der Waals surface area contributed by atoms with Gasteiger partial charge in [-0.05, 0) is 24.8 Å². The predicted octanol–water partition coefficient (Wildman–Crippen LogP) is 2.56. The van der Waals surface area contributed by atoms with Crippen molar-refractivity contribution in [2.75, 3.05) is 0 Å². The molecule has 100 valence electrons. The number of halogens is 1. The van der Waals surface area contributed by atoms with Crippen LogP contribution in [0.2, 0.25) is 0 Å². The summed E-state index contributed by atoms with van der Waals surface area (Å²) < 4.78 is 12.7. The van der Waals surface area contributed by atoms with Gasteiger partial charge < -0.3 is 11.1 Å². The fraction of sp³-hybridized carbons (Fsp3) is 0.500. The maximum Gasteiger partial charge on any atom is 0.251 e. The number of rotatable bonds is 4. The molecule has 3 N–H and O–H groups in total. The van der Waals surface area contributed by atoms with Gasteiger partial charge in [0.05, 0.1) is 0 Å². The third-order valence-electron chi connectivity index (χ3n) is 3.12. The van der Waals surface area contributed by atoms with Crippen LogP contribution in [0, 0.1) is 5.92 Å². The van der Waals surface area contributed by atoms with E-state index < -0.39 is 5.95 Å². The lowest BCUT2D eigenvalue weighted by atomic mass is 9.87. The highest BCUT2D eigenvalue weighted by Gasteiger charge is 2.21. The number of amides is 1. The minimum Gasteiger partial charge on any atom is -0.376 e. The van der Waals surface area contributed by atoms with Crippen LogP contribution in [0.3, 0.4) is 0 Å². The fourth-order valence-corrected chi connectivity index (χ4v) is 2.30. The van der Waals surface area contributed by atoms with Crippen molar-refractivity contribution < 1.29 is 9.18 Å². The third-order valence-corrected chi connectivity index (χ3v) is 3.12. The van der Waals surface area contributed by atoms with Crippen molar-refractivity contribution in [3.8, 4) is 0 Å². The van der Waals surface area contributed by atoms with Crippen LogP contribution in [-0.4, -0.2) is 11.9 Å². The summed E-state index contributed by atoms with van der Waals surface area (Å²) in [7, 11) is 0. The Morgan fingerprint density at radius 3 is 2.78 bits per heavy atom. The molecular formula is C14H21FN2O. The van der Waals surface area contributed by atoms with Crippen LogP contribution < -0.4 is 11.1 Å². The molecular weight excluding hydrogens is 231 g/mol. The summed E-state index contributed by atoms with van der Waals surface area (Å²) in [5.41, 5.74) is 5.15. The summed E-state index contributed by atoms with van der Waals surface area (Å²) in [6, 6.07) is 0.170. The molecule has 1 aliphatic carbocycles. The number of allylic oxidation sites excluding steroid dienone is 2. The van der Waals surface area contributed by atoms with E-state index in [2.05, 4.69) is 18.8 Å². The summed E-state index contributed by atoms with van der Waals surface area (Å²) in [5.74, 6) is -0.553. The molecule has 0 bridgehead atoms. The van der Waals surface area contributed by atoms with E-state index in [9.17, 15) is 9.18 Å². The van der Waals surface area contributed by atoms with Crippen LogP contribution in [0.1, 0.15) is 32.6 Å². The van der Waals surface area contributed by atoms with Gasteiger partial charge >= 0.3 is 0 Å². The van der Waals surface area contributed by atoms with E-state index in [4.69, 9.17) is 5.73 Å². The maximum absolute atomic E-state index is 12.7. The zero-order valence-electron chi connectivity index (χ0n) is 10.8. The molecule has 0 radical (unpaired) electrons. The lowest BCUT2D eigenvalue weighted by molar-refractivity contribution is -0.118. The molecule has 3 nitrogen and oxygen atoms in total. The van der Waals surface area contributed by atoms with Gasteiger partial charge in [-0.1, -0.05) is 32.4 Å². The number of hydrogen-bond donors (Lipinski definition) is 2. The van der Waals surface area contributed by atoms with E-state index in [0.29, 0.717) is 5.92 Å².